The average molecular weight is 344 g/mol. The molecule has 20 heavy (non-hydrogen) atoms. The number of nitrogen functional groups attached to an aromatic ring is 1. The number of nitrogens with zero attached hydrogens (tertiary/aromatic N) is 1. The Labute approximate surface area is 128 Å². The molecule has 0 aliphatic carbocycles. The summed E-state index contributed by atoms with van der Waals surface area (Å²) in [5, 5.41) is 7.51. The van der Waals surface area contributed by atoms with Gasteiger partial charge in [0.15, 0.2) is 0 Å². The number of halogens is 1. The summed E-state index contributed by atoms with van der Waals surface area (Å²) in [7, 11) is 3.38. The highest BCUT2D eigenvalue weighted by Crippen LogP contribution is 2.25. The Morgan fingerprint density at radius 1 is 1.40 bits per heavy atom. The first kappa shape index (κ1) is 16.9. The van der Waals surface area contributed by atoms with Crippen LogP contribution in [0.25, 0.3) is 0 Å². The second-order valence-corrected chi connectivity index (χ2v) is 5.42. The van der Waals surface area contributed by atoms with Crippen molar-refractivity contribution < 1.29 is 9.47 Å². The van der Waals surface area contributed by atoms with Gasteiger partial charge in [0.05, 0.1) is 13.2 Å². The molecule has 0 radical (unpaired) electrons. The zero-order chi connectivity index (χ0) is 15.1. The lowest BCUT2D eigenvalue weighted by Crippen LogP contribution is -2.38. The lowest BCUT2D eigenvalue weighted by atomic mass is 10.1. The summed E-state index contributed by atoms with van der Waals surface area (Å²) in [5.41, 5.74) is 7.27. The molecule has 3 N–H and O–H groups in total. The highest BCUT2D eigenvalue weighted by Gasteiger charge is 2.16. The predicted octanol–water partition coefficient (Wildman–Crippen LogP) is 2.22. The zero-order valence-corrected chi connectivity index (χ0v) is 13.7. The summed E-state index contributed by atoms with van der Waals surface area (Å²) in [6, 6.07) is 6.01. The van der Waals surface area contributed by atoms with Crippen molar-refractivity contribution in [3.63, 3.8) is 0 Å². The summed E-state index contributed by atoms with van der Waals surface area (Å²) in [4.78, 5) is 2.21. The molecule has 0 amide bonds. The molecule has 0 saturated heterocycles. The highest BCUT2D eigenvalue weighted by atomic mass is 79.9. The van der Waals surface area contributed by atoms with E-state index in [0.717, 1.165) is 16.7 Å². The summed E-state index contributed by atoms with van der Waals surface area (Å²) in [6.45, 7) is 4.15. The Balaban J connectivity index is 3.00. The number of ether oxygens (including phenoxy) is 2. The molecule has 1 atom stereocenters. The Bertz CT molecular complexity index is 454. The largest absolute Gasteiger partial charge is 0.384 e. The zero-order valence-electron chi connectivity index (χ0n) is 12.1. The number of hydrogen-bond donors (Lipinski definition) is 2. The van der Waals surface area contributed by atoms with Crippen molar-refractivity contribution in [3.8, 4) is 0 Å². The van der Waals surface area contributed by atoms with Gasteiger partial charge >= 0.3 is 0 Å². The number of hydrogen-bond acceptors (Lipinski definition) is 4. The molecule has 0 bridgehead atoms. The number of benzene rings is 1. The van der Waals surface area contributed by atoms with Crippen molar-refractivity contribution in [1.29, 1.82) is 5.41 Å². The van der Waals surface area contributed by atoms with Crippen molar-refractivity contribution in [2.75, 3.05) is 38.9 Å². The van der Waals surface area contributed by atoms with Gasteiger partial charge in [-0.05, 0) is 41.1 Å². The maximum absolute atomic E-state index is 7.51. The molecule has 1 aromatic rings. The molecular weight excluding hydrogens is 322 g/mol. The molecule has 6 heteroatoms. The molecule has 5 nitrogen and oxygen atoms in total. The smallest absolute Gasteiger partial charge is 0.123 e. The Morgan fingerprint density at radius 2 is 2.10 bits per heavy atom. The molecule has 0 spiro atoms. The first-order chi connectivity index (χ1) is 9.51. The molecule has 0 aliphatic rings. The number of methoxy groups -OCH3 is 2. The third-order valence-corrected chi connectivity index (χ3v) is 3.71. The molecule has 0 aliphatic heterocycles. The van der Waals surface area contributed by atoms with Gasteiger partial charge in [-0.15, -0.1) is 0 Å². The predicted molar refractivity (Wildman–Crippen MR) is 85.7 cm³/mol. The molecule has 1 unspecified atom stereocenters. The van der Waals surface area contributed by atoms with E-state index in [2.05, 4.69) is 27.8 Å². The number of nitrogens with two attached hydrogens (primary N) is 1. The number of rotatable bonds is 8. The fourth-order valence-corrected chi connectivity index (χ4v) is 2.61. The van der Waals surface area contributed by atoms with Crippen LogP contribution >= 0.6 is 15.9 Å². The van der Waals surface area contributed by atoms with Gasteiger partial charge in [-0.1, -0.05) is 0 Å². The standard InChI is InChI=1S/C14H22BrN3O2/c1-10(9-20-3)18(6-7-19-2)11-4-5-12(14(16)17)13(15)8-11/h4-5,8,10H,6-7,9H2,1-3H3,(H3,16,17). The van der Waals surface area contributed by atoms with Crippen molar-refractivity contribution in [2.24, 2.45) is 5.73 Å². The minimum Gasteiger partial charge on any atom is -0.384 e. The van der Waals surface area contributed by atoms with Crippen molar-refractivity contribution in [3.05, 3.63) is 28.2 Å². The van der Waals surface area contributed by atoms with Crippen LogP contribution in [0.2, 0.25) is 0 Å². The van der Waals surface area contributed by atoms with E-state index in [1.807, 2.05) is 18.2 Å². The van der Waals surface area contributed by atoms with Crippen molar-refractivity contribution in [1.82, 2.24) is 0 Å². The first-order valence-corrected chi connectivity index (χ1v) is 7.19. The highest BCUT2D eigenvalue weighted by molar-refractivity contribution is 9.10. The Kier molecular flexibility index (Phi) is 6.98. The molecule has 0 saturated carbocycles. The summed E-state index contributed by atoms with van der Waals surface area (Å²) >= 11 is 3.46. The molecule has 1 aromatic carbocycles. The minimum atomic E-state index is 0.0526. The summed E-state index contributed by atoms with van der Waals surface area (Å²) in [6.07, 6.45) is 0. The maximum Gasteiger partial charge on any atom is 0.123 e. The lowest BCUT2D eigenvalue weighted by molar-refractivity contribution is 0.171. The second kappa shape index (κ2) is 8.24. The molecule has 112 valence electrons. The van der Waals surface area contributed by atoms with E-state index in [4.69, 9.17) is 20.6 Å². The van der Waals surface area contributed by atoms with Crippen LogP contribution in [0.5, 0.6) is 0 Å². The number of amidine groups is 1. The monoisotopic (exact) mass is 343 g/mol. The average Bonchev–Trinajstić information content (AvgIpc) is 2.39. The van der Waals surface area contributed by atoms with Gasteiger partial charge in [0.2, 0.25) is 0 Å². The Morgan fingerprint density at radius 3 is 2.60 bits per heavy atom. The van der Waals surface area contributed by atoms with Gasteiger partial charge in [-0.2, -0.15) is 0 Å². The SMILES string of the molecule is COCCN(c1ccc(C(=N)N)c(Br)c1)C(C)COC. The third-order valence-electron chi connectivity index (χ3n) is 3.05. The fraction of sp³-hybridized carbons (Fsp3) is 0.500. The summed E-state index contributed by atoms with van der Waals surface area (Å²) < 4.78 is 11.2. The molecule has 0 heterocycles. The van der Waals surface area contributed by atoms with Crippen LogP contribution in [-0.4, -0.2) is 45.9 Å². The van der Waals surface area contributed by atoms with E-state index in [-0.39, 0.29) is 11.9 Å². The van der Waals surface area contributed by atoms with Gasteiger partial charge in [0.1, 0.15) is 5.84 Å². The number of nitrogens with one attached hydrogen (secondary N) is 1. The van der Waals surface area contributed by atoms with E-state index >= 15 is 0 Å². The molecule has 0 aromatic heterocycles. The van der Waals surface area contributed by atoms with Crippen LogP contribution in [0.4, 0.5) is 5.69 Å². The van der Waals surface area contributed by atoms with Crippen LogP contribution in [0.3, 0.4) is 0 Å². The van der Waals surface area contributed by atoms with E-state index in [1.165, 1.54) is 0 Å². The van der Waals surface area contributed by atoms with Gasteiger partial charge < -0.3 is 20.1 Å². The van der Waals surface area contributed by atoms with Gasteiger partial charge in [-0.3, -0.25) is 5.41 Å². The van der Waals surface area contributed by atoms with Crippen molar-refractivity contribution >= 4 is 27.5 Å². The van der Waals surface area contributed by atoms with Gasteiger partial charge in [0.25, 0.3) is 0 Å². The van der Waals surface area contributed by atoms with E-state index in [1.54, 1.807) is 14.2 Å². The Hall–Kier alpha value is -1.11. The van der Waals surface area contributed by atoms with Crippen LogP contribution in [0.15, 0.2) is 22.7 Å². The van der Waals surface area contributed by atoms with E-state index < -0.39 is 0 Å². The summed E-state index contributed by atoms with van der Waals surface area (Å²) in [5.74, 6) is 0.0526. The molecule has 1 rings (SSSR count). The van der Waals surface area contributed by atoms with E-state index in [0.29, 0.717) is 18.8 Å². The third kappa shape index (κ3) is 4.47. The second-order valence-electron chi connectivity index (χ2n) is 4.57. The minimum absolute atomic E-state index is 0.0526. The first-order valence-electron chi connectivity index (χ1n) is 6.39. The van der Waals surface area contributed by atoms with Crippen LogP contribution < -0.4 is 10.6 Å². The topological polar surface area (TPSA) is 71.6 Å². The number of anilines is 1. The van der Waals surface area contributed by atoms with Gasteiger partial charge in [-0.25, -0.2) is 0 Å². The van der Waals surface area contributed by atoms with E-state index in [9.17, 15) is 0 Å². The molecular formula is C14H22BrN3O2. The van der Waals surface area contributed by atoms with Gasteiger partial charge in [0, 0.05) is 42.5 Å². The van der Waals surface area contributed by atoms with Crippen LogP contribution in [-0.2, 0) is 9.47 Å². The normalized spacial score (nSPS) is 12.2. The van der Waals surface area contributed by atoms with Crippen molar-refractivity contribution in [2.45, 2.75) is 13.0 Å². The van der Waals surface area contributed by atoms with Crippen LogP contribution in [0, 0.1) is 5.41 Å². The lowest BCUT2D eigenvalue weighted by Gasteiger charge is -2.31. The quantitative estimate of drug-likeness (QED) is 0.560. The molecule has 0 fully saturated rings. The fourth-order valence-electron chi connectivity index (χ4n) is 2.03. The maximum atomic E-state index is 7.51. The van der Waals surface area contributed by atoms with Crippen LogP contribution in [0.1, 0.15) is 12.5 Å².